The molecular formula is H2O30. The average Bonchev–Trinajstić information content (AvgIpc) is 2.78. The monoisotopic (exact) mass is 484 g/mol. The molecule has 30 nitrogen and oxygen atoms in total. The summed E-state index contributed by atoms with van der Waals surface area (Å²) in [4.78, 5) is 0. The molecule has 30 heavy (non-hydrogen) atoms. The Bertz CT molecular complexity index is 260. The molecule has 0 radical (unpaired) electrons. The van der Waals surface area contributed by atoms with Crippen molar-refractivity contribution < 1.29 is 152 Å². The van der Waals surface area contributed by atoms with Crippen molar-refractivity contribution in [2.45, 2.75) is 0 Å². The number of hydrogen-bond donors (Lipinski definition) is 2. The molecule has 0 aliphatic heterocycles. The van der Waals surface area contributed by atoms with E-state index in [1.165, 1.54) is 0 Å². The highest BCUT2D eigenvalue weighted by Gasteiger charge is 2.01. The Balaban J connectivity index is 2.98. The molecule has 0 aliphatic rings. The number of hydrogen-bond acceptors (Lipinski definition) is 30. The largest absolute Gasteiger partial charge is 0.258 e. The predicted octanol–water partition coefficient (Wildman–Crippen LogP) is -1.90. The maximum Gasteiger partial charge on any atom is 0.258 e. The highest BCUT2D eigenvalue weighted by molar-refractivity contribution is 3.10. The third kappa shape index (κ3) is 26.8. The van der Waals surface area contributed by atoms with Crippen molar-refractivity contribution in [1.82, 2.24) is 0 Å². The second kappa shape index (κ2) is 27.8. The van der Waals surface area contributed by atoms with Gasteiger partial charge in [0.1, 0.15) is 0 Å². The Morgan fingerprint density at radius 2 is 0.433 bits per heavy atom. The van der Waals surface area contributed by atoms with Gasteiger partial charge in [0.05, 0.1) is 0 Å². The lowest BCUT2D eigenvalue weighted by Crippen LogP contribution is -2.06. The fourth-order valence-electron chi connectivity index (χ4n) is 0.296. The minimum atomic E-state index is 2.87. The van der Waals surface area contributed by atoms with Crippen molar-refractivity contribution >= 4 is 0 Å². The van der Waals surface area contributed by atoms with Crippen molar-refractivity contribution in [3.8, 4) is 0 Å². The lowest BCUT2D eigenvalue weighted by Gasteiger charge is -1.99. The molecule has 0 bridgehead atoms. The molecule has 182 valence electrons. The Labute approximate surface area is 155 Å². The molecule has 2 N–H and O–H groups in total. The van der Waals surface area contributed by atoms with Gasteiger partial charge in [-0.3, -0.25) is 0 Å². The SMILES string of the molecule is [3H]OOOOOOOOOOOOOOOOOOOOOOOOOOOOOO. The van der Waals surface area contributed by atoms with Crippen LogP contribution in [0.25, 0.3) is 1.43 Å². The second-order valence-electron chi connectivity index (χ2n) is 1.91. The van der Waals surface area contributed by atoms with Gasteiger partial charge in [-0.2, -0.15) is 0 Å². The van der Waals surface area contributed by atoms with Gasteiger partial charge in [0.15, 0.2) is 0 Å². The summed E-state index contributed by atoms with van der Waals surface area (Å²) in [6.45, 7) is 0. The molecule has 0 aromatic carbocycles. The van der Waals surface area contributed by atoms with E-state index in [4.69, 9.17) is 6.69 Å². The topological polar surface area (TPSA) is 299 Å². The molecular weight excluding hydrogens is 480 g/mol. The summed E-state index contributed by atoms with van der Waals surface area (Å²) in [5.41, 5.74) is 0. The van der Waals surface area contributed by atoms with Crippen LogP contribution in [0.1, 0.15) is 0 Å². The van der Waals surface area contributed by atoms with Crippen LogP contribution in [0.4, 0.5) is 0 Å². The molecule has 0 aromatic rings. The van der Waals surface area contributed by atoms with E-state index in [2.05, 4.69) is 146 Å². The Kier molecular flexibility index (Phi) is 24.9. The van der Waals surface area contributed by atoms with Gasteiger partial charge in [-0.25, -0.2) is 10.5 Å². The predicted molar refractivity (Wildman–Crippen MR) is 35.6 cm³/mol. The maximum atomic E-state index is 7.53. The summed E-state index contributed by atoms with van der Waals surface area (Å²) in [6, 6.07) is 0. The molecule has 0 unspecified atom stereocenters. The quantitative estimate of drug-likeness (QED) is 0.0696. The van der Waals surface area contributed by atoms with Crippen LogP contribution in [0.5, 0.6) is 0 Å². The first-order valence-corrected chi connectivity index (χ1v) is 4.85. The van der Waals surface area contributed by atoms with Gasteiger partial charge in [0.25, 0.3) is 1.43 Å². The van der Waals surface area contributed by atoms with Gasteiger partial charge in [-0.15, -0.1) is 0 Å². The van der Waals surface area contributed by atoms with E-state index in [1.54, 1.807) is 0 Å². The summed E-state index contributed by atoms with van der Waals surface area (Å²) in [6.07, 6.45) is 0. The standard InChI is InChI=1S/H2O30/c1-3-5-7-9-11-13-15-17-19-21-23-25-27-29-30-28-26-24-22-20-18-16-14-12-10-8-6-4-2/h1-2H/i/hT. The molecule has 0 saturated carbocycles. The second-order valence-corrected chi connectivity index (χ2v) is 1.91. The summed E-state index contributed by atoms with van der Waals surface area (Å²) < 4.78 is 5.92. The first kappa shape index (κ1) is 26.8. The summed E-state index contributed by atoms with van der Waals surface area (Å²) in [5, 5.41) is 107. The van der Waals surface area contributed by atoms with E-state index in [-0.39, 0.29) is 0 Å². The first-order valence-electron chi connectivity index (χ1n) is 5.26. The minimum Gasteiger partial charge on any atom is -0.219 e. The van der Waals surface area contributed by atoms with E-state index in [0.717, 1.165) is 0 Å². The molecule has 0 aromatic heterocycles. The van der Waals surface area contributed by atoms with Crippen molar-refractivity contribution in [1.29, 1.82) is 1.43 Å². The van der Waals surface area contributed by atoms with Gasteiger partial charge < -0.3 is 0 Å². The van der Waals surface area contributed by atoms with E-state index in [0.29, 0.717) is 0 Å². The first-order chi connectivity index (χ1) is 15.4. The smallest absolute Gasteiger partial charge is 0.219 e. The minimum absolute atomic E-state index is 2.87. The van der Waals surface area contributed by atoms with Crippen molar-refractivity contribution in [2.24, 2.45) is 0 Å². The highest BCUT2D eigenvalue weighted by Crippen LogP contribution is 1.94. The zero-order valence-corrected chi connectivity index (χ0v) is 12.3. The molecule has 30 heteroatoms. The maximum absolute atomic E-state index is 7.53. The van der Waals surface area contributed by atoms with Crippen LogP contribution < -0.4 is 0 Å². The average molecular weight is 484 g/mol. The third-order valence-corrected chi connectivity index (χ3v) is 0.753. The Morgan fingerprint density at radius 1 is 0.267 bits per heavy atom. The van der Waals surface area contributed by atoms with E-state index < -0.39 is 0 Å². The lowest BCUT2D eigenvalue weighted by molar-refractivity contribution is -0.904. The Morgan fingerprint density at radius 3 is 0.600 bits per heavy atom. The van der Waals surface area contributed by atoms with Crippen LogP contribution in [0.2, 0.25) is 0 Å². The van der Waals surface area contributed by atoms with Gasteiger partial charge in [0, 0.05) is 60.5 Å². The van der Waals surface area contributed by atoms with Crippen molar-refractivity contribution in [3.05, 3.63) is 0 Å². The van der Waals surface area contributed by atoms with Gasteiger partial charge in [-0.05, 0) is 80.6 Å². The van der Waals surface area contributed by atoms with Crippen molar-refractivity contribution in [3.63, 3.8) is 0 Å². The summed E-state index contributed by atoms with van der Waals surface area (Å²) >= 11 is 0. The van der Waals surface area contributed by atoms with Gasteiger partial charge >= 0.3 is 0 Å². The normalized spacial score (nSPS) is 11.8. The van der Waals surface area contributed by atoms with E-state index in [1.807, 2.05) is 0 Å². The molecule has 0 atom stereocenters. The van der Waals surface area contributed by atoms with E-state index in [9.17, 15) is 0 Å². The van der Waals surface area contributed by atoms with Crippen LogP contribution in [0.3, 0.4) is 0 Å². The molecule has 0 saturated heterocycles. The fourth-order valence-corrected chi connectivity index (χ4v) is 0.296. The zero-order valence-electron chi connectivity index (χ0n) is 13.3. The number of rotatable bonds is 28. The van der Waals surface area contributed by atoms with Crippen LogP contribution in [-0.2, 0) is 141 Å². The lowest BCUT2D eigenvalue weighted by atomic mass is 14.0. The van der Waals surface area contributed by atoms with Crippen LogP contribution >= 0.6 is 0 Å². The molecule has 0 heterocycles. The van der Waals surface area contributed by atoms with Crippen LogP contribution in [0, 0.1) is 0 Å². The molecule has 0 fully saturated rings. The molecule has 0 amide bonds. The van der Waals surface area contributed by atoms with Crippen LogP contribution in [-0.4, -0.2) is 10.5 Å². The molecule has 0 spiro atoms. The summed E-state index contributed by atoms with van der Waals surface area (Å²) in [5.74, 6) is 0. The van der Waals surface area contributed by atoms with Crippen molar-refractivity contribution in [2.75, 3.05) is 0 Å². The van der Waals surface area contributed by atoms with Crippen LogP contribution in [0.15, 0.2) is 0 Å². The van der Waals surface area contributed by atoms with E-state index >= 15 is 0 Å². The molecule has 0 aliphatic carbocycles. The summed E-state index contributed by atoms with van der Waals surface area (Å²) in [7, 11) is 0. The van der Waals surface area contributed by atoms with Gasteiger partial charge in [-0.1, -0.05) is 0 Å². The van der Waals surface area contributed by atoms with Gasteiger partial charge in [0.2, 0.25) is 0 Å². The highest BCUT2D eigenvalue weighted by atomic mass is 18.0. The molecule has 0 rings (SSSR count). The fraction of sp³-hybridized carbons (Fsp3) is 0. The zero-order chi connectivity index (χ0) is 22.5. The third-order valence-electron chi connectivity index (χ3n) is 0.753. The Hall–Kier alpha value is -1.20.